The summed E-state index contributed by atoms with van der Waals surface area (Å²) in [4.78, 5) is 16.5. The number of aryl methyl sites for hydroxylation is 4. The Bertz CT molecular complexity index is 878. The average Bonchev–Trinajstić information content (AvgIpc) is 2.98. The molecule has 7 nitrogen and oxygen atoms in total. The van der Waals surface area contributed by atoms with Crippen molar-refractivity contribution in [3.05, 3.63) is 53.2 Å². The summed E-state index contributed by atoms with van der Waals surface area (Å²) < 4.78 is 1.96. The highest BCUT2D eigenvalue weighted by Gasteiger charge is 2.09. The second-order valence-corrected chi connectivity index (χ2v) is 6.07. The summed E-state index contributed by atoms with van der Waals surface area (Å²) in [5.41, 5.74) is 4.38. The lowest BCUT2D eigenvalue weighted by molar-refractivity contribution is 0.252. The van der Waals surface area contributed by atoms with Gasteiger partial charge in [-0.2, -0.15) is 0 Å². The van der Waals surface area contributed by atoms with E-state index in [4.69, 9.17) is 0 Å². The number of carbonyl (C=O) groups excluding carboxylic acids is 1. The fourth-order valence-corrected chi connectivity index (χ4v) is 2.88. The van der Waals surface area contributed by atoms with Crippen molar-refractivity contribution in [3.63, 3.8) is 0 Å². The van der Waals surface area contributed by atoms with Gasteiger partial charge in [-0.1, -0.05) is 6.07 Å². The number of aromatic nitrogens is 4. The molecule has 3 rings (SSSR count). The van der Waals surface area contributed by atoms with Crippen molar-refractivity contribution < 1.29 is 4.79 Å². The Morgan fingerprint density at radius 2 is 2.04 bits per heavy atom. The molecule has 0 bridgehead atoms. The van der Waals surface area contributed by atoms with Crippen molar-refractivity contribution in [1.29, 1.82) is 0 Å². The molecule has 2 amide bonds. The van der Waals surface area contributed by atoms with E-state index < -0.39 is 0 Å². The number of amides is 2. The predicted molar refractivity (Wildman–Crippen MR) is 96.8 cm³/mol. The minimum Gasteiger partial charge on any atom is -0.338 e. The average molecular weight is 338 g/mol. The molecule has 0 aliphatic heterocycles. The van der Waals surface area contributed by atoms with Gasteiger partial charge in [-0.15, -0.1) is 10.2 Å². The fraction of sp³-hybridized carbons (Fsp3) is 0.333. The van der Waals surface area contributed by atoms with E-state index in [1.54, 1.807) is 0 Å². The van der Waals surface area contributed by atoms with Crippen LogP contribution in [0.2, 0.25) is 0 Å². The molecule has 3 aromatic rings. The maximum Gasteiger partial charge on any atom is 0.319 e. The van der Waals surface area contributed by atoms with E-state index in [0.717, 1.165) is 47.0 Å². The van der Waals surface area contributed by atoms with Gasteiger partial charge in [0.05, 0.1) is 11.4 Å². The van der Waals surface area contributed by atoms with Crippen LogP contribution in [-0.2, 0) is 6.42 Å². The molecule has 0 saturated heterocycles. The molecule has 25 heavy (non-hydrogen) atoms. The third-order valence-corrected chi connectivity index (χ3v) is 4.01. The second-order valence-electron chi connectivity index (χ2n) is 6.07. The number of pyridine rings is 2. The van der Waals surface area contributed by atoms with Crippen molar-refractivity contribution in [3.8, 4) is 0 Å². The third kappa shape index (κ3) is 3.93. The maximum atomic E-state index is 12.1. The number of carbonyl (C=O) groups is 1. The summed E-state index contributed by atoms with van der Waals surface area (Å²) in [6, 6.07) is 7.54. The second kappa shape index (κ2) is 7.29. The molecule has 0 aliphatic rings. The van der Waals surface area contributed by atoms with Crippen molar-refractivity contribution in [2.75, 3.05) is 11.9 Å². The summed E-state index contributed by atoms with van der Waals surface area (Å²) in [5, 5.41) is 14.1. The number of nitrogens with one attached hydrogen (secondary N) is 2. The van der Waals surface area contributed by atoms with E-state index in [2.05, 4.69) is 25.8 Å². The van der Waals surface area contributed by atoms with Gasteiger partial charge in [-0.3, -0.25) is 9.38 Å². The standard InChI is InChI=1S/C18H22N6O/c1-12-11-13(2)20-14(3)17(12)21-18(25)19-9-6-8-16-23-22-15-7-4-5-10-24(15)16/h4-5,7,10-11H,6,8-9H2,1-3H3,(H2,19,21,25). The van der Waals surface area contributed by atoms with Crippen molar-refractivity contribution in [2.24, 2.45) is 0 Å². The molecule has 2 N–H and O–H groups in total. The zero-order valence-electron chi connectivity index (χ0n) is 14.7. The number of anilines is 1. The molecule has 3 heterocycles. The Morgan fingerprint density at radius 1 is 1.20 bits per heavy atom. The van der Waals surface area contributed by atoms with Crippen LogP contribution in [0.5, 0.6) is 0 Å². The summed E-state index contributed by atoms with van der Waals surface area (Å²) in [6.45, 7) is 6.36. The molecule has 130 valence electrons. The van der Waals surface area contributed by atoms with Gasteiger partial charge in [0.1, 0.15) is 5.82 Å². The smallest absolute Gasteiger partial charge is 0.319 e. The molecule has 0 saturated carbocycles. The molecule has 7 heteroatoms. The molecular formula is C18H22N6O. The highest BCUT2D eigenvalue weighted by atomic mass is 16.2. The lowest BCUT2D eigenvalue weighted by Crippen LogP contribution is -2.30. The van der Waals surface area contributed by atoms with Crippen LogP contribution < -0.4 is 10.6 Å². The Kier molecular flexibility index (Phi) is 4.92. The maximum absolute atomic E-state index is 12.1. The third-order valence-electron chi connectivity index (χ3n) is 4.01. The molecule has 0 radical (unpaired) electrons. The Morgan fingerprint density at radius 3 is 2.84 bits per heavy atom. The van der Waals surface area contributed by atoms with Crippen LogP contribution in [0.1, 0.15) is 29.2 Å². The minimum atomic E-state index is -0.219. The SMILES string of the molecule is Cc1cc(C)c(NC(=O)NCCCc2nnc3ccccn23)c(C)n1. The van der Waals surface area contributed by atoms with Crippen molar-refractivity contribution in [2.45, 2.75) is 33.6 Å². The van der Waals surface area contributed by atoms with E-state index in [0.29, 0.717) is 6.54 Å². The van der Waals surface area contributed by atoms with Crippen molar-refractivity contribution >= 4 is 17.4 Å². The highest BCUT2D eigenvalue weighted by Crippen LogP contribution is 2.18. The first kappa shape index (κ1) is 16.9. The van der Waals surface area contributed by atoms with Gasteiger partial charge in [-0.05, 0) is 51.0 Å². The van der Waals surface area contributed by atoms with E-state index in [1.165, 1.54) is 0 Å². The molecule has 0 aliphatic carbocycles. The molecule has 3 aromatic heterocycles. The Labute approximate surface area is 146 Å². The quantitative estimate of drug-likeness (QED) is 0.701. The van der Waals surface area contributed by atoms with Crippen LogP contribution in [0.15, 0.2) is 30.5 Å². The normalized spacial score (nSPS) is 10.8. The number of hydrogen-bond donors (Lipinski definition) is 2. The first-order valence-electron chi connectivity index (χ1n) is 8.33. The Balaban J connectivity index is 1.50. The lowest BCUT2D eigenvalue weighted by atomic mass is 10.1. The van der Waals surface area contributed by atoms with Gasteiger partial charge in [0.15, 0.2) is 5.65 Å². The van der Waals surface area contributed by atoms with Crippen LogP contribution in [0.4, 0.5) is 10.5 Å². The van der Waals surface area contributed by atoms with Gasteiger partial charge in [0, 0.05) is 24.9 Å². The van der Waals surface area contributed by atoms with Crippen LogP contribution in [0, 0.1) is 20.8 Å². The molecule has 0 unspecified atom stereocenters. The highest BCUT2D eigenvalue weighted by molar-refractivity contribution is 5.90. The van der Waals surface area contributed by atoms with Gasteiger partial charge in [-0.25, -0.2) is 4.79 Å². The van der Waals surface area contributed by atoms with Crippen LogP contribution in [0.3, 0.4) is 0 Å². The Hall–Kier alpha value is -2.96. The van der Waals surface area contributed by atoms with Crippen LogP contribution in [-0.4, -0.2) is 32.2 Å². The van der Waals surface area contributed by atoms with Crippen LogP contribution in [0.25, 0.3) is 5.65 Å². The molecule has 0 aromatic carbocycles. The number of rotatable bonds is 5. The first-order chi connectivity index (χ1) is 12.0. The van der Waals surface area contributed by atoms with E-state index in [9.17, 15) is 4.79 Å². The number of urea groups is 1. The molecular weight excluding hydrogens is 316 g/mol. The summed E-state index contributed by atoms with van der Waals surface area (Å²) >= 11 is 0. The van der Waals surface area contributed by atoms with Gasteiger partial charge >= 0.3 is 6.03 Å². The van der Waals surface area contributed by atoms with Crippen molar-refractivity contribution in [1.82, 2.24) is 24.9 Å². The summed E-state index contributed by atoms with van der Waals surface area (Å²) in [6.07, 6.45) is 3.48. The van der Waals surface area contributed by atoms with Gasteiger partial charge in [0.25, 0.3) is 0 Å². The number of fused-ring (bicyclic) bond motifs is 1. The number of hydrogen-bond acceptors (Lipinski definition) is 4. The van der Waals surface area contributed by atoms with Crippen LogP contribution >= 0.6 is 0 Å². The number of nitrogens with zero attached hydrogens (tertiary/aromatic N) is 4. The summed E-state index contributed by atoms with van der Waals surface area (Å²) in [7, 11) is 0. The van der Waals surface area contributed by atoms with E-state index in [1.807, 2.05) is 55.6 Å². The minimum absolute atomic E-state index is 0.219. The first-order valence-corrected chi connectivity index (χ1v) is 8.33. The topological polar surface area (TPSA) is 84.2 Å². The molecule has 0 fully saturated rings. The van der Waals surface area contributed by atoms with E-state index in [-0.39, 0.29) is 6.03 Å². The van der Waals surface area contributed by atoms with Gasteiger partial charge < -0.3 is 10.6 Å². The van der Waals surface area contributed by atoms with E-state index >= 15 is 0 Å². The van der Waals surface area contributed by atoms with Gasteiger partial charge in [0.2, 0.25) is 0 Å². The summed E-state index contributed by atoms with van der Waals surface area (Å²) in [5.74, 6) is 0.896. The zero-order chi connectivity index (χ0) is 17.8. The zero-order valence-corrected chi connectivity index (χ0v) is 14.7. The predicted octanol–water partition coefficient (Wildman–Crippen LogP) is 2.80. The molecule has 0 atom stereocenters. The lowest BCUT2D eigenvalue weighted by Gasteiger charge is -2.12. The fourth-order valence-electron chi connectivity index (χ4n) is 2.88. The largest absolute Gasteiger partial charge is 0.338 e. The molecule has 0 spiro atoms. The monoisotopic (exact) mass is 338 g/mol.